The van der Waals surface area contributed by atoms with Gasteiger partial charge in [-0.2, -0.15) is 0 Å². The van der Waals surface area contributed by atoms with E-state index in [2.05, 4.69) is 20.5 Å². The minimum atomic E-state index is -0.688. The molecule has 28 heavy (non-hydrogen) atoms. The summed E-state index contributed by atoms with van der Waals surface area (Å²) in [4.78, 5) is 16.6. The van der Waals surface area contributed by atoms with Gasteiger partial charge < -0.3 is 5.32 Å². The fourth-order valence-electron chi connectivity index (χ4n) is 2.75. The number of halogens is 2. The first-order valence-electron chi connectivity index (χ1n) is 8.81. The number of benzene rings is 1. The summed E-state index contributed by atoms with van der Waals surface area (Å²) in [7, 11) is 0. The van der Waals surface area contributed by atoms with Gasteiger partial charge in [0.05, 0.1) is 10.9 Å². The topological polar surface area (TPSA) is 72.7 Å². The van der Waals surface area contributed by atoms with Crippen LogP contribution >= 0.6 is 11.8 Å². The number of nitrogens with one attached hydrogen (secondary N) is 1. The van der Waals surface area contributed by atoms with Crippen LogP contribution in [-0.2, 0) is 4.79 Å². The summed E-state index contributed by atoms with van der Waals surface area (Å²) < 4.78 is 29.1. The van der Waals surface area contributed by atoms with E-state index in [0.29, 0.717) is 17.0 Å². The van der Waals surface area contributed by atoms with Crippen LogP contribution in [0.5, 0.6) is 0 Å². The number of pyridine rings is 1. The maximum absolute atomic E-state index is 13.8. The standard InChI is InChI=1S/C19H17F2N5OS/c1-11(18(27)23-16-9-13(20)4-7-15(16)21)28-19-25-24-17(26(19)14-5-6-14)12-3-2-8-22-10-12/h2-4,7-11,14H,5-6H2,1H3,(H,23,27)/t11-/m1/s1. The lowest BCUT2D eigenvalue weighted by Crippen LogP contribution is -2.23. The van der Waals surface area contributed by atoms with Gasteiger partial charge in [-0.25, -0.2) is 8.78 Å². The van der Waals surface area contributed by atoms with Crippen molar-refractivity contribution < 1.29 is 13.6 Å². The van der Waals surface area contributed by atoms with Crippen molar-refractivity contribution in [3.63, 3.8) is 0 Å². The number of aromatic nitrogens is 4. The molecule has 4 rings (SSSR count). The molecule has 2 aromatic heterocycles. The third kappa shape index (κ3) is 3.89. The fourth-order valence-corrected chi connectivity index (χ4v) is 3.67. The largest absolute Gasteiger partial charge is 0.323 e. The molecule has 2 heterocycles. The molecule has 0 bridgehead atoms. The number of amides is 1. The van der Waals surface area contributed by atoms with Crippen LogP contribution in [0.15, 0.2) is 47.9 Å². The molecular formula is C19H17F2N5OS. The van der Waals surface area contributed by atoms with E-state index in [9.17, 15) is 13.6 Å². The summed E-state index contributed by atoms with van der Waals surface area (Å²) in [5.74, 6) is -1.04. The van der Waals surface area contributed by atoms with Gasteiger partial charge >= 0.3 is 0 Å². The molecule has 3 aromatic rings. The van der Waals surface area contributed by atoms with E-state index in [1.54, 1.807) is 19.3 Å². The average Bonchev–Trinajstić information content (AvgIpc) is 3.45. The molecule has 1 fully saturated rings. The smallest absolute Gasteiger partial charge is 0.237 e. The Kier molecular flexibility index (Phi) is 5.08. The van der Waals surface area contributed by atoms with Crippen molar-refractivity contribution in [1.29, 1.82) is 0 Å². The molecule has 9 heteroatoms. The Morgan fingerprint density at radius 1 is 1.29 bits per heavy atom. The molecule has 1 aliphatic carbocycles. The molecule has 6 nitrogen and oxygen atoms in total. The van der Waals surface area contributed by atoms with Crippen LogP contribution in [0.2, 0.25) is 0 Å². The summed E-state index contributed by atoms with van der Waals surface area (Å²) in [6.45, 7) is 1.69. The van der Waals surface area contributed by atoms with Gasteiger partial charge in [-0.15, -0.1) is 10.2 Å². The molecule has 0 radical (unpaired) electrons. The summed E-state index contributed by atoms with van der Waals surface area (Å²) in [5.41, 5.74) is 0.671. The molecule has 144 valence electrons. The highest BCUT2D eigenvalue weighted by atomic mass is 32.2. The number of hydrogen-bond acceptors (Lipinski definition) is 5. The quantitative estimate of drug-likeness (QED) is 0.631. The molecule has 1 aliphatic rings. The van der Waals surface area contributed by atoms with Crippen LogP contribution in [0.25, 0.3) is 11.4 Å². The Bertz CT molecular complexity index is 1010. The molecule has 0 unspecified atom stereocenters. The SMILES string of the molecule is C[C@@H](Sc1nnc(-c2cccnc2)n1C1CC1)C(=O)Nc1cc(F)ccc1F. The lowest BCUT2D eigenvalue weighted by Gasteiger charge is -2.13. The third-order valence-electron chi connectivity index (χ3n) is 4.33. The maximum Gasteiger partial charge on any atom is 0.237 e. The number of thioether (sulfide) groups is 1. The van der Waals surface area contributed by atoms with E-state index < -0.39 is 22.8 Å². The van der Waals surface area contributed by atoms with Gasteiger partial charge in [0.2, 0.25) is 5.91 Å². The first-order valence-corrected chi connectivity index (χ1v) is 9.69. The van der Waals surface area contributed by atoms with Crippen LogP contribution < -0.4 is 5.32 Å². The molecule has 0 spiro atoms. The lowest BCUT2D eigenvalue weighted by atomic mass is 10.3. The Balaban J connectivity index is 1.53. The molecule has 1 amide bonds. The normalized spacial score (nSPS) is 14.7. The Hall–Kier alpha value is -2.81. The van der Waals surface area contributed by atoms with Crippen LogP contribution in [0, 0.1) is 11.6 Å². The van der Waals surface area contributed by atoms with Gasteiger partial charge in [-0.3, -0.25) is 14.3 Å². The highest BCUT2D eigenvalue weighted by Gasteiger charge is 2.31. The zero-order chi connectivity index (χ0) is 19.7. The van der Waals surface area contributed by atoms with Gasteiger partial charge in [0.25, 0.3) is 0 Å². The second kappa shape index (κ2) is 7.67. The molecule has 0 aliphatic heterocycles. The first-order chi connectivity index (χ1) is 13.5. The number of carbonyl (C=O) groups is 1. The minimum Gasteiger partial charge on any atom is -0.323 e. The first kappa shape index (κ1) is 18.5. The Morgan fingerprint density at radius 2 is 2.11 bits per heavy atom. The van der Waals surface area contributed by atoms with Crippen LogP contribution in [0.1, 0.15) is 25.8 Å². The number of nitrogens with zero attached hydrogens (tertiary/aromatic N) is 4. The summed E-state index contributed by atoms with van der Waals surface area (Å²) in [5, 5.41) is 11.0. The highest BCUT2D eigenvalue weighted by molar-refractivity contribution is 8.00. The monoisotopic (exact) mass is 401 g/mol. The lowest BCUT2D eigenvalue weighted by molar-refractivity contribution is -0.115. The zero-order valence-electron chi connectivity index (χ0n) is 15.0. The van der Waals surface area contributed by atoms with E-state index in [0.717, 1.165) is 36.6 Å². The molecule has 1 saturated carbocycles. The highest BCUT2D eigenvalue weighted by Crippen LogP contribution is 2.41. The summed E-state index contributed by atoms with van der Waals surface area (Å²) in [6.07, 6.45) is 5.46. The molecular weight excluding hydrogens is 384 g/mol. The number of anilines is 1. The predicted molar refractivity (Wildman–Crippen MR) is 102 cm³/mol. The second-order valence-corrected chi connectivity index (χ2v) is 7.83. The van der Waals surface area contributed by atoms with Crippen molar-refractivity contribution in [2.24, 2.45) is 0 Å². The van der Waals surface area contributed by atoms with Gasteiger partial charge in [0, 0.05) is 30.1 Å². The number of hydrogen-bond donors (Lipinski definition) is 1. The van der Waals surface area contributed by atoms with Gasteiger partial charge in [0.15, 0.2) is 11.0 Å². The van der Waals surface area contributed by atoms with Crippen molar-refractivity contribution >= 4 is 23.4 Å². The van der Waals surface area contributed by atoms with E-state index in [1.165, 1.54) is 11.8 Å². The molecule has 1 atom stereocenters. The van der Waals surface area contributed by atoms with E-state index in [1.807, 2.05) is 16.7 Å². The fraction of sp³-hybridized carbons (Fsp3) is 0.263. The maximum atomic E-state index is 13.8. The van der Waals surface area contributed by atoms with Crippen molar-refractivity contribution in [2.75, 3.05) is 5.32 Å². The van der Waals surface area contributed by atoms with Crippen LogP contribution in [0.3, 0.4) is 0 Å². The average molecular weight is 401 g/mol. The van der Waals surface area contributed by atoms with Crippen LogP contribution in [0.4, 0.5) is 14.5 Å². The zero-order valence-corrected chi connectivity index (χ0v) is 15.8. The number of carbonyl (C=O) groups excluding carboxylic acids is 1. The minimum absolute atomic E-state index is 0.183. The van der Waals surface area contributed by atoms with Gasteiger partial charge in [-0.1, -0.05) is 11.8 Å². The predicted octanol–water partition coefficient (Wildman–Crippen LogP) is 4.07. The molecule has 1 aromatic carbocycles. The Labute approximate surface area is 164 Å². The van der Waals surface area contributed by atoms with Crippen molar-refractivity contribution in [2.45, 2.75) is 36.2 Å². The van der Waals surface area contributed by atoms with Crippen LogP contribution in [-0.4, -0.2) is 30.9 Å². The molecule has 0 saturated heterocycles. The summed E-state index contributed by atoms with van der Waals surface area (Å²) in [6, 6.07) is 6.97. The van der Waals surface area contributed by atoms with E-state index >= 15 is 0 Å². The van der Waals surface area contributed by atoms with Crippen molar-refractivity contribution in [1.82, 2.24) is 19.7 Å². The van der Waals surface area contributed by atoms with Gasteiger partial charge in [0.1, 0.15) is 11.6 Å². The van der Waals surface area contributed by atoms with E-state index in [-0.39, 0.29) is 5.69 Å². The number of rotatable bonds is 6. The molecule has 1 N–H and O–H groups in total. The second-order valence-electron chi connectivity index (χ2n) is 6.52. The van der Waals surface area contributed by atoms with Crippen molar-refractivity contribution in [3.8, 4) is 11.4 Å². The Morgan fingerprint density at radius 3 is 2.82 bits per heavy atom. The van der Waals surface area contributed by atoms with Gasteiger partial charge in [-0.05, 0) is 44.0 Å². The van der Waals surface area contributed by atoms with E-state index in [4.69, 9.17) is 0 Å². The van der Waals surface area contributed by atoms with Crippen molar-refractivity contribution in [3.05, 3.63) is 54.4 Å². The third-order valence-corrected chi connectivity index (χ3v) is 5.39. The summed E-state index contributed by atoms with van der Waals surface area (Å²) >= 11 is 1.23.